The van der Waals surface area contributed by atoms with Gasteiger partial charge in [0.1, 0.15) is 11.3 Å². The highest BCUT2D eigenvalue weighted by Crippen LogP contribution is 2.28. The molecular formula is C15H21NO. The number of likely N-dealkylation sites (N-methyl/N-ethyl adjacent to an activating group) is 1. The molecule has 1 aliphatic heterocycles. The highest BCUT2D eigenvalue weighted by molar-refractivity contribution is 5.82. The minimum atomic E-state index is 1.04. The Morgan fingerprint density at radius 1 is 1.06 bits per heavy atom. The molecule has 0 radical (unpaired) electrons. The lowest BCUT2D eigenvalue weighted by molar-refractivity contribution is 0.346. The summed E-state index contributed by atoms with van der Waals surface area (Å²) in [5, 5.41) is 1.31. The molecule has 92 valence electrons. The predicted molar refractivity (Wildman–Crippen MR) is 72.5 cm³/mol. The van der Waals surface area contributed by atoms with Gasteiger partial charge in [0.2, 0.25) is 0 Å². The molecule has 0 saturated carbocycles. The fraction of sp³-hybridized carbons (Fsp3) is 0.467. The Kier molecular flexibility index (Phi) is 3.85. The molecule has 0 N–H and O–H groups in total. The number of nitrogens with zero attached hydrogens (tertiary/aromatic N) is 1. The summed E-state index contributed by atoms with van der Waals surface area (Å²) < 4.78 is 5.89. The minimum absolute atomic E-state index is 1.04. The number of rotatable bonds is 0. The maximum Gasteiger partial charge on any atom is 0.134 e. The van der Waals surface area contributed by atoms with Gasteiger partial charge in [-0.2, -0.15) is 0 Å². The molecule has 3 rings (SSSR count). The van der Waals surface area contributed by atoms with E-state index in [1.807, 2.05) is 19.9 Å². The van der Waals surface area contributed by atoms with E-state index in [1.54, 1.807) is 0 Å². The Bertz CT molecular complexity index is 487. The lowest BCUT2D eigenvalue weighted by atomic mass is 10.1. The Morgan fingerprint density at radius 2 is 1.76 bits per heavy atom. The Morgan fingerprint density at radius 3 is 2.59 bits per heavy atom. The van der Waals surface area contributed by atoms with Crippen molar-refractivity contribution in [3.05, 3.63) is 35.6 Å². The van der Waals surface area contributed by atoms with Crippen LogP contribution in [0.2, 0.25) is 0 Å². The molecule has 0 spiro atoms. The summed E-state index contributed by atoms with van der Waals surface area (Å²) in [6.45, 7) is 6.24. The Labute approximate surface area is 103 Å². The fourth-order valence-corrected chi connectivity index (χ4v) is 2.33. The first-order valence-corrected chi connectivity index (χ1v) is 6.52. The van der Waals surface area contributed by atoms with Crippen LogP contribution in [-0.2, 0) is 12.8 Å². The third-order valence-electron chi connectivity index (χ3n) is 3.25. The summed E-state index contributed by atoms with van der Waals surface area (Å²) in [6.07, 6.45) is 2.16. The van der Waals surface area contributed by atoms with Gasteiger partial charge in [0.15, 0.2) is 0 Å². The quantitative estimate of drug-likeness (QED) is 0.690. The standard InChI is InChI=1S/C13H15NO.C2H6/c1-14-8-6-11-10-4-2-3-5-12(10)15-13(11)7-9-14;1-2/h2-5H,6-9H2,1H3;1-2H3. The fourth-order valence-electron chi connectivity index (χ4n) is 2.33. The van der Waals surface area contributed by atoms with Gasteiger partial charge in [0.25, 0.3) is 0 Å². The Balaban J connectivity index is 0.000000514. The number of fused-ring (bicyclic) bond motifs is 3. The number of hydrogen-bond donors (Lipinski definition) is 0. The van der Waals surface area contributed by atoms with Crippen molar-refractivity contribution in [2.24, 2.45) is 0 Å². The Hall–Kier alpha value is -1.28. The van der Waals surface area contributed by atoms with Crippen LogP contribution in [0.25, 0.3) is 11.0 Å². The van der Waals surface area contributed by atoms with Gasteiger partial charge in [-0.25, -0.2) is 0 Å². The van der Waals surface area contributed by atoms with Gasteiger partial charge in [-0.05, 0) is 19.5 Å². The summed E-state index contributed by atoms with van der Waals surface area (Å²) >= 11 is 0. The molecule has 0 fully saturated rings. The van der Waals surface area contributed by atoms with E-state index in [1.165, 1.54) is 16.7 Å². The predicted octanol–water partition coefficient (Wildman–Crippen LogP) is 3.49. The molecule has 2 heteroatoms. The lowest BCUT2D eigenvalue weighted by Gasteiger charge is -2.11. The van der Waals surface area contributed by atoms with Crippen molar-refractivity contribution in [3.8, 4) is 0 Å². The smallest absolute Gasteiger partial charge is 0.134 e. The van der Waals surface area contributed by atoms with Crippen molar-refractivity contribution in [2.45, 2.75) is 26.7 Å². The number of hydrogen-bond acceptors (Lipinski definition) is 2. The van der Waals surface area contributed by atoms with Gasteiger partial charge in [-0.15, -0.1) is 0 Å². The van der Waals surface area contributed by atoms with Crippen molar-refractivity contribution in [1.82, 2.24) is 4.90 Å². The lowest BCUT2D eigenvalue weighted by Crippen LogP contribution is -2.20. The third kappa shape index (κ3) is 2.37. The maximum atomic E-state index is 5.89. The van der Waals surface area contributed by atoms with Crippen LogP contribution in [0.1, 0.15) is 25.2 Å². The van der Waals surface area contributed by atoms with Gasteiger partial charge in [-0.3, -0.25) is 0 Å². The van der Waals surface area contributed by atoms with Crippen molar-refractivity contribution in [1.29, 1.82) is 0 Å². The molecule has 0 aliphatic carbocycles. The average Bonchev–Trinajstić information content (AvgIpc) is 2.64. The highest BCUT2D eigenvalue weighted by Gasteiger charge is 2.17. The van der Waals surface area contributed by atoms with Crippen molar-refractivity contribution < 1.29 is 4.42 Å². The summed E-state index contributed by atoms with van der Waals surface area (Å²) in [5.41, 5.74) is 2.47. The molecule has 1 aromatic heterocycles. The summed E-state index contributed by atoms with van der Waals surface area (Å²) in [7, 11) is 2.17. The van der Waals surface area contributed by atoms with E-state index in [-0.39, 0.29) is 0 Å². The van der Waals surface area contributed by atoms with Crippen LogP contribution >= 0.6 is 0 Å². The second kappa shape index (κ2) is 5.37. The zero-order valence-electron chi connectivity index (χ0n) is 11.0. The molecule has 2 aromatic rings. The monoisotopic (exact) mass is 231 g/mol. The van der Waals surface area contributed by atoms with E-state index in [9.17, 15) is 0 Å². The first-order chi connectivity index (χ1) is 8.34. The van der Waals surface area contributed by atoms with Gasteiger partial charge in [-0.1, -0.05) is 32.0 Å². The van der Waals surface area contributed by atoms with E-state index >= 15 is 0 Å². The van der Waals surface area contributed by atoms with E-state index in [2.05, 4.69) is 30.1 Å². The molecule has 1 aliphatic rings. The van der Waals surface area contributed by atoms with Crippen LogP contribution in [0.15, 0.2) is 28.7 Å². The minimum Gasteiger partial charge on any atom is -0.461 e. The van der Waals surface area contributed by atoms with Gasteiger partial charge < -0.3 is 9.32 Å². The summed E-state index contributed by atoms with van der Waals surface area (Å²) in [4.78, 5) is 2.37. The van der Waals surface area contributed by atoms with Crippen molar-refractivity contribution >= 4 is 11.0 Å². The molecule has 2 heterocycles. The number of para-hydroxylation sites is 1. The molecule has 2 nitrogen and oxygen atoms in total. The summed E-state index contributed by atoms with van der Waals surface area (Å²) in [5.74, 6) is 1.19. The number of benzene rings is 1. The highest BCUT2D eigenvalue weighted by atomic mass is 16.3. The van der Waals surface area contributed by atoms with E-state index in [0.717, 1.165) is 31.5 Å². The molecule has 17 heavy (non-hydrogen) atoms. The third-order valence-corrected chi connectivity index (χ3v) is 3.25. The second-order valence-electron chi connectivity index (χ2n) is 4.30. The van der Waals surface area contributed by atoms with Gasteiger partial charge in [0, 0.05) is 30.5 Å². The maximum absolute atomic E-state index is 5.89. The zero-order valence-corrected chi connectivity index (χ0v) is 11.0. The molecule has 1 aromatic carbocycles. The van der Waals surface area contributed by atoms with E-state index < -0.39 is 0 Å². The molecule has 0 amide bonds. The number of furan rings is 1. The first kappa shape index (κ1) is 12.2. The normalized spacial score (nSPS) is 15.9. The van der Waals surface area contributed by atoms with Crippen LogP contribution in [0.3, 0.4) is 0 Å². The SMILES string of the molecule is CC.CN1CCc2oc3ccccc3c2CC1. The zero-order chi connectivity index (χ0) is 12.3. The van der Waals surface area contributed by atoms with Crippen molar-refractivity contribution in [2.75, 3.05) is 20.1 Å². The van der Waals surface area contributed by atoms with Gasteiger partial charge in [0.05, 0.1) is 0 Å². The molecule has 0 unspecified atom stereocenters. The van der Waals surface area contributed by atoms with Crippen LogP contribution in [0.5, 0.6) is 0 Å². The molecule has 0 atom stereocenters. The topological polar surface area (TPSA) is 16.4 Å². The first-order valence-electron chi connectivity index (χ1n) is 6.52. The van der Waals surface area contributed by atoms with Crippen LogP contribution in [0, 0.1) is 0 Å². The molecule has 0 saturated heterocycles. The molecular weight excluding hydrogens is 210 g/mol. The van der Waals surface area contributed by atoms with Crippen LogP contribution in [-0.4, -0.2) is 25.0 Å². The van der Waals surface area contributed by atoms with E-state index in [0.29, 0.717) is 0 Å². The largest absolute Gasteiger partial charge is 0.461 e. The molecule has 0 bridgehead atoms. The summed E-state index contributed by atoms with van der Waals surface area (Å²) in [6, 6.07) is 8.36. The van der Waals surface area contributed by atoms with Gasteiger partial charge >= 0.3 is 0 Å². The van der Waals surface area contributed by atoms with Crippen LogP contribution < -0.4 is 0 Å². The van der Waals surface area contributed by atoms with E-state index in [4.69, 9.17) is 4.42 Å². The van der Waals surface area contributed by atoms with Crippen molar-refractivity contribution in [3.63, 3.8) is 0 Å². The average molecular weight is 231 g/mol. The van der Waals surface area contributed by atoms with Crippen LogP contribution in [0.4, 0.5) is 0 Å². The second-order valence-corrected chi connectivity index (χ2v) is 4.30.